The second-order valence-electron chi connectivity index (χ2n) is 8.77. The molecule has 0 fully saturated rings. The molecule has 0 aliphatic heterocycles. The summed E-state index contributed by atoms with van der Waals surface area (Å²) in [6.07, 6.45) is 17.9. The Bertz CT molecular complexity index is 532. The first-order chi connectivity index (χ1) is 15.2. The molecule has 0 aromatic heterocycles. The first-order valence-corrected chi connectivity index (χ1v) is 12.9. The molecule has 31 heavy (non-hydrogen) atoms. The van der Waals surface area contributed by atoms with Crippen LogP contribution in [0.2, 0.25) is 0 Å². The molecule has 0 aliphatic rings. The van der Waals surface area contributed by atoms with Crippen molar-refractivity contribution in [2.24, 2.45) is 0 Å². The number of benzene rings is 1. The topological polar surface area (TPSA) is 49.8 Å². The number of phenolic OH excluding ortho intramolecular Hbond substituents is 1. The van der Waals surface area contributed by atoms with E-state index in [0.29, 0.717) is 12.2 Å². The minimum absolute atomic E-state index is 0.160. The molecule has 4 heteroatoms. The summed E-state index contributed by atoms with van der Waals surface area (Å²) in [7, 11) is 0. The predicted molar refractivity (Wildman–Crippen MR) is 131 cm³/mol. The van der Waals surface area contributed by atoms with Crippen LogP contribution in [0, 0.1) is 0 Å². The second-order valence-corrected chi connectivity index (χ2v) is 8.77. The maximum atomic E-state index is 11.9. The summed E-state index contributed by atoms with van der Waals surface area (Å²) in [6.45, 7) is 8.84. The average Bonchev–Trinajstić information content (AvgIpc) is 2.78. The van der Waals surface area contributed by atoms with Crippen molar-refractivity contribution >= 4 is 5.97 Å². The molecule has 0 unspecified atom stereocenters. The minimum atomic E-state index is -0.307. The lowest BCUT2D eigenvalue weighted by Crippen LogP contribution is -2.27. The zero-order chi connectivity index (χ0) is 22.6. The van der Waals surface area contributed by atoms with Crippen molar-refractivity contribution in [2.75, 3.05) is 26.2 Å². The molecule has 1 aromatic carbocycles. The number of nitrogens with zero attached hydrogens (tertiary/aromatic N) is 1. The Kier molecular flexibility index (Phi) is 17.0. The van der Waals surface area contributed by atoms with E-state index in [4.69, 9.17) is 4.74 Å². The third kappa shape index (κ3) is 15.0. The van der Waals surface area contributed by atoms with Gasteiger partial charge in [-0.05, 0) is 69.6 Å². The summed E-state index contributed by atoms with van der Waals surface area (Å²) < 4.78 is 5.31. The highest BCUT2D eigenvalue weighted by Gasteiger charge is 2.07. The molecule has 1 rings (SSSR count). The van der Waals surface area contributed by atoms with Gasteiger partial charge in [0.15, 0.2) is 0 Å². The van der Waals surface area contributed by atoms with Gasteiger partial charge in [-0.2, -0.15) is 0 Å². The Morgan fingerprint density at radius 1 is 0.710 bits per heavy atom. The number of carbonyl (C=O) groups excluding carboxylic acids is 1. The largest absolute Gasteiger partial charge is 0.508 e. The van der Waals surface area contributed by atoms with E-state index in [0.717, 1.165) is 12.8 Å². The molecular formula is C27H47NO3. The summed E-state index contributed by atoms with van der Waals surface area (Å²) in [5.74, 6) is -0.148. The Morgan fingerprint density at radius 3 is 1.68 bits per heavy atom. The van der Waals surface area contributed by atoms with Crippen LogP contribution in [0.3, 0.4) is 0 Å². The second kappa shape index (κ2) is 19.2. The molecule has 178 valence electrons. The van der Waals surface area contributed by atoms with E-state index < -0.39 is 0 Å². The van der Waals surface area contributed by atoms with Crippen molar-refractivity contribution in [2.45, 2.75) is 104 Å². The number of phenols is 1. The third-order valence-electron chi connectivity index (χ3n) is 5.86. The van der Waals surface area contributed by atoms with Gasteiger partial charge in [0.1, 0.15) is 5.75 Å². The number of hydrogen-bond donors (Lipinski definition) is 1. The maximum absolute atomic E-state index is 11.9. The predicted octanol–water partition coefficient (Wildman–Crippen LogP) is 7.35. The molecule has 0 amide bonds. The number of hydrogen-bond acceptors (Lipinski definition) is 4. The van der Waals surface area contributed by atoms with Crippen LogP contribution in [0.5, 0.6) is 5.75 Å². The van der Waals surface area contributed by atoms with Crippen molar-refractivity contribution < 1.29 is 14.6 Å². The van der Waals surface area contributed by atoms with Gasteiger partial charge in [0, 0.05) is 0 Å². The van der Waals surface area contributed by atoms with Gasteiger partial charge in [-0.3, -0.25) is 0 Å². The van der Waals surface area contributed by atoms with E-state index in [-0.39, 0.29) is 11.7 Å². The zero-order valence-corrected chi connectivity index (χ0v) is 20.2. The number of ether oxygens (including phenoxy) is 1. The number of rotatable bonds is 20. The van der Waals surface area contributed by atoms with Gasteiger partial charge in [-0.25, -0.2) is 4.79 Å². The van der Waals surface area contributed by atoms with Crippen molar-refractivity contribution in [3.63, 3.8) is 0 Å². The average molecular weight is 434 g/mol. The monoisotopic (exact) mass is 433 g/mol. The van der Waals surface area contributed by atoms with Gasteiger partial charge in [0.25, 0.3) is 0 Å². The summed E-state index contributed by atoms with van der Waals surface area (Å²) in [4.78, 5) is 14.6. The maximum Gasteiger partial charge on any atom is 0.338 e. The normalized spacial score (nSPS) is 11.2. The van der Waals surface area contributed by atoms with E-state index in [9.17, 15) is 9.90 Å². The number of unbranched alkanes of at least 4 members (excludes halogenated alkanes) is 11. The zero-order valence-electron chi connectivity index (χ0n) is 20.2. The van der Waals surface area contributed by atoms with Crippen LogP contribution < -0.4 is 0 Å². The fourth-order valence-corrected chi connectivity index (χ4v) is 3.85. The van der Waals surface area contributed by atoms with Crippen molar-refractivity contribution in [3.8, 4) is 5.75 Å². The summed E-state index contributed by atoms with van der Waals surface area (Å²) in [5, 5.41) is 9.26. The molecule has 1 N–H and O–H groups in total. The van der Waals surface area contributed by atoms with Gasteiger partial charge in [0.2, 0.25) is 0 Å². The SMILES string of the molecule is CCCCCCN(CCCCCC)CCCCCCCCOC(=O)c1ccc(O)cc1. The molecule has 0 atom stereocenters. The first-order valence-electron chi connectivity index (χ1n) is 12.9. The molecule has 0 bridgehead atoms. The Balaban J connectivity index is 2.05. The summed E-state index contributed by atoms with van der Waals surface area (Å²) >= 11 is 0. The number of carbonyl (C=O) groups is 1. The van der Waals surface area contributed by atoms with Crippen LogP contribution in [-0.2, 0) is 4.74 Å². The fraction of sp³-hybridized carbons (Fsp3) is 0.741. The molecule has 0 spiro atoms. The molecule has 4 nitrogen and oxygen atoms in total. The fourth-order valence-electron chi connectivity index (χ4n) is 3.85. The lowest BCUT2D eigenvalue weighted by molar-refractivity contribution is 0.0497. The van der Waals surface area contributed by atoms with E-state index in [1.54, 1.807) is 12.1 Å². The van der Waals surface area contributed by atoms with Crippen LogP contribution in [0.1, 0.15) is 114 Å². The number of aromatic hydroxyl groups is 1. The van der Waals surface area contributed by atoms with Gasteiger partial charge in [-0.15, -0.1) is 0 Å². The van der Waals surface area contributed by atoms with E-state index in [2.05, 4.69) is 18.7 Å². The Hall–Kier alpha value is -1.55. The summed E-state index contributed by atoms with van der Waals surface area (Å²) in [5.41, 5.74) is 0.492. The van der Waals surface area contributed by atoms with Crippen molar-refractivity contribution in [3.05, 3.63) is 29.8 Å². The highest BCUT2D eigenvalue weighted by molar-refractivity contribution is 5.89. The number of esters is 1. The molecule has 0 heterocycles. The molecule has 1 aromatic rings. The van der Waals surface area contributed by atoms with Gasteiger partial charge in [0.05, 0.1) is 12.2 Å². The molecule has 0 aliphatic carbocycles. The van der Waals surface area contributed by atoms with Crippen LogP contribution in [0.15, 0.2) is 24.3 Å². The molecule has 0 saturated carbocycles. The highest BCUT2D eigenvalue weighted by Crippen LogP contribution is 2.12. The van der Waals surface area contributed by atoms with Crippen LogP contribution in [-0.4, -0.2) is 42.2 Å². The van der Waals surface area contributed by atoms with Crippen molar-refractivity contribution in [1.82, 2.24) is 4.90 Å². The lowest BCUT2D eigenvalue weighted by Gasteiger charge is -2.22. The quantitative estimate of drug-likeness (QED) is 0.172. The first kappa shape index (κ1) is 27.5. The van der Waals surface area contributed by atoms with Crippen molar-refractivity contribution in [1.29, 1.82) is 0 Å². The van der Waals surface area contributed by atoms with Crippen LogP contribution in [0.4, 0.5) is 0 Å². The van der Waals surface area contributed by atoms with Crippen LogP contribution in [0.25, 0.3) is 0 Å². The van der Waals surface area contributed by atoms with E-state index in [1.165, 1.54) is 109 Å². The standard InChI is InChI=1S/C27H47NO3/c1-3-5-7-13-21-28(22-14-8-6-4-2)23-15-11-9-10-12-16-24-31-27(30)25-17-19-26(29)20-18-25/h17-20,29H,3-16,21-24H2,1-2H3. The smallest absolute Gasteiger partial charge is 0.338 e. The summed E-state index contributed by atoms with van der Waals surface area (Å²) in [6, 6.07) is 6.20. The minimum Gasteiger partial charge on any atom is -0.508 e. The molecular weight excluding hydrogens is 386 g/mol. The molecule has 0 radical (unpaired) electrons. The Morgan fingerprint density at radius 2 is 1.16 bits per heavy atom. The van der Waals surface area contributed by atoms with Gasteiger partial charge >= 0.3 is 5.97 Å². The van der Waals surface area contributed by atoms with Crippen LogP contribution >= 0.6 is 0 Å². The molecule has 0 saturated heterocycles. The van der Waals surface area contributed by atoms with E-state index >= 15 is 0 Å². The van der Waals surface area contributed by atoms with E-state index in [1.807, 2.05) is 0 Å². The Labute approximate surface area is 191 Å². The highest BCUT2D eigenvalue weighted by atomic mass is 16.5. The lowest BCUT2D eigenvalue weighted by atomic mass is 10.1. The van der Waals surface area contributed by atoms with Gasteiger partial charge < -0.3 is 14.7 Å². The van der Waals surface area contributed by atoms with Gasteiger partial charge in [-0.1, -0.05) is 78.1 Å². The third-order valence-corrected chi connectivity index (χ3v) is 5.86.